The zero-order valence-electron chi connectivity index (χ0n) is 16.1. The van der Waals surface area contributed by atoms with E-state index >= 15 is 0 Å². The van der Waals surface area contributed by atoms with Gasteiger partial charge in [0.1, 0.15) is 24.5 Å². The van der Waals surface area contributed by atoms with E-state index in [1.807, 2.05) is 0 Å². The Morgan fingerprint density at radius 2 is 1.78 bits per heavy atom. The minimum Gasteiger partial charge on any atom is -0.331 e. The summed E-state index contributed by atoms with van der Waals surface area (Å²) in [5.41, 5.74) is 1.70. The summed E-state index contributed by atoms with van der Waals surface area (Å²) in [7, 11) is 3.29. The van der Waals surface area contributed by atoms with Crippen molar-refractivity contribution in [3.63, 3.8) is 0 Å². The molecule has 2 aliphatic heterocycles. The molecule has 7 heteroatoms. The molecule has 0 saturated carbocycles. The van der Waals surface area contributed by atoms with Gasteiger partial charge in [0.15, 0.2) is 6.67 Å². The van der Waals surface area contributed by atoms with E-state index in [0.29, 0.717) is 18.4 Å². The average Bonchev–Trinajstić information content (AvgIpc) is 2.71. The van der Waals surface area contributed by atoms with E-state index in [-0.39, 0.29) is 11.2 Å². The van der Waals surface area contributed by atoms with Crippen LogP contribution in [-0.4, -0.2) is 34.9 Å². The Morgan fingerprint density at radius 1 is 1.07 bits per heavy atom. The summed E-state index contributed by atoms with van der Waals surface area (Å²) < 4.78 is 2.77. The molecule has 3 heterocycles. The Labute approximate surface area is 158 Å². The predicted octanol–water partition coefficient (Wildman–Crippen LogP) is -1.90. The first-order valence-corrected chi connectivity index (χ1v) is 9.79. The minimum atomic E-state index is -0.271. The monoisotopic (exact) mass is 371 g/mol. The molecule has 0 bridgehead atoms. The largest absolute Gasteiger partial charge is 0.332 e. The Bertz CT molecular complexity index is 926. The molecule has 1 unspecified atom stereocenters. The molecule has 0 radical (unpaired) electrons. The molecule has 0 spiro atoms. The maximum Gasteiger partial charge on any atom is 0.332 e. The predicted molar refractivity (Wildman–Crippen MR) is 104 cm³/mol. The quantitative estimate of drug-likeness (QED) is 0.591. The lowest BCUT2D eigenvalue weighted by atomic mass is 10.0. The van der Waals surface area contributed by atoms with E-state index in [1.54, 1.807) is 23.6 Å². The van der Waals surface area contributed by atoms with Crippen LogP contribution in [0.5, 0.6) is 0 Å². The number of nitrogens with one attached hydrogen (secondary N) is 3. The van der Waals surface area contributed by atoms with Crippen molar-refractivity contribution in [2.45, 2.75) is 32.0 Å². The molecule has 1 atom stereocenters. The molecule has 7 nitrogen and oxygen atoms in total. The Kier molecular flexibility index (Phi) is 4.88. The van der Waals surface area contributed by atoms with Crippen molar-refractivity contribution in [1.82, 2.24) is 9.13 Å². The lowest BCUT2D eigenvalue weighted by Gasteiger charge is -2.37. The number of nitrogens with zero attached hydrogens (tertiary/aromatic N) is 2. The number of likely N-dealkylation sites (tertiary alicyclic amines) is 1. The fourth-order valence-electron chi connectivity index (χ4n) is 4.57. The highest BCUT2D eigenvalue weighted by molar-refractivity contribution is 5.43. The number of hydrogen-bond donors (Lipinski definition) is 3. The molecule has 0 aliphatic carbocycles. The third-order valence-electron chi connectivity index (χ3n) is 6.21. The Hall–Kier alpha value is -2.38. The second-order valence-electron chi connectivity index (χ2n) is 7.91. The molecule has 27 heavy (non-hydrogen) atoms. The molecule has 1 aromatic carbocycles. The second kappa shape index (κ2) is 7.32. The van der Waals surface area contributed by atoms with Crippen LogP contribution < -0.4 is 26.4 Å². The van der Waals surface area contributed by atoms with Gasteiger partial charge in [-0.25, -0.2) is 4.79 Å². The molecule has 1 aromatic heterocycles. The van der Waals surface area contributed by atoms with Gasteiger partial charge in [-0.2, -0.15) is 0 Å². The number of anilines is 1. The molecule has 1 saturated heterocycles. The van der Waals surface area contributed by atoms with E-state index < -0.39 is 0 Å². The molecule has 2 aliphatic rings. The van der Waals surface area contributed by atoms with E-state index in [1.165, 1.54) is 41.0 Å². The standard InChI is InChI=1S/C20H27N5O2/c1-22-18-17(19(26)23(2)20(22)27)13-25(14-21-18)16-8-10-24(11-9-16)12-15-6-4-3-5-7-15/h3-7,16,21H,8-14H2,1-2H3/p+2. The van der Waals surface area contributed by atoms with E-state index in [2.05, 4.69) is 35.6 Å². The lowest BCUT2D eigenvalue weighted by Crippen LogP contribution is -3.20. The molecule has 0 amide bonds. The molecule has 3 N–H and O–H groups in total. The van der Waals surface area contributed by atoms with Gasteiger partial charge in [0.25, 0.3) is 5.56 Å². The molecule has 2 aromatic rings. The zero-order chi connectivity index (χ0) is 19.0. The molecular formula is C20H29N5O2+2. The van der Waals surface area contributed by atoms with Crippen LogP contribution in [0.3, 0.4) is 0 Å². The van der Waals surface area contributed by atoms with Gasteiger partial charge < -0.3 is 15.1 Å². The van der Waals surface area contributed by atoms with Crippen molar-refractivity contribution in [2.75, 3.05) is 25.1 Å². The van der Waals surface area contributed by atoms with Crippen molar-refractivity contribution >= 4 is 5.82 Å². The third-order valence-corrected chi connectivity index (χ3v) is 6.21. The van der Waals surface area contributed by atoms with Gasteiger partial charge in [-0.15, -0.1) is 0 Å². The summed E-state index contributed by atoms with van der Waals surface area (Å²) >= 11 is 0. The topological polar surface area (TPSA) is 64.9 Å². The van der Waals surface area contributed by atoms with Crippen LogP contribution in [0.15, 0.2) is 39.9 Å². The molecule has 1 fully saturated rings. The van der Waals surface area contributed by atoms with Gasteiger partial charge in [-0.1, -0.05) is 30.3 Å². The van der Waals surface area contributed by atoms with Crippen molar-refractivity contribution < 1.29 is 9.80 Å². The van der Waals surface area contributed by atoms with Gasteiger partial charge in [-0.05, 0) is 0 Å². The van der Waals surface area contributed by atoms with Gasteiger partial charge in [-0.3, -0.25) is 13.9 Å². The molecular weight excluding hydrogens is 342 g/mol. The van der Waals surface area contributed by atoms with E-state index in [9.17, 15) is 9.59 Å². The van der Waals surface area contributed by atoms with Crippen LogP contribution in [0.1, 0.15) is 24.0 Å². The summed E-state index contributed by atoms with van der Waals surface area (Å²) in [4.78, 5) is 27.7. The van der Waals surface area contributed by atoms with E-state index in [0.717, 1.165) is 18.8 Å². The number of aromatic nitrogens is 2. The molecule has 144 valence electrons. The highest BCUT2D eigenvalue weighted by Gasteiger charge is 2.34. The fourth-order valence-corrected chi connectivity index (χ4v) is 4.57. The normalized spacial score (nSPS) is 24.9. The van der Waals surface area contributed by atoms with Gasteiger partial charge in [0, 0.05) is 32.5 Å². The van der Waals surface area contributed by atoms with Gasteiger partial charge in [0.05, 0.1) is 19.1 Å². The average molecular weight is 371 g/mol. The summed E-state index contributed by atoms with van der Waals surface area (Å²) in [6.45, 7) is 4.89. The number of fused-ring (bicyclic) bond motifs is 1. The van der Waals surface area contributed by atoms with Crippen LogP contribution in [-0.2, 0) is 27.2 Å². The highest BCUT2D eigenvalue weighted by atomic mass is 16.2. The van der Waals surface area contributed by atoms with Crippen LogP contribution >= 0.6 is 0 Å². The number of piperidine rings is 1. The second-order valence-corrected chi connectivity index (χ2v) is 7.91. The number of quaternary nitrogens is 2. The first-order valence-electron chi connectivity index (χ1n) is 9.79. The maximum absolute atomic E-state index is 12.6. The van der Waals surface area contributed by atoms with Crippen LogP contribution in [0.25, 0.3) is 0 Å². The SMILES string of the molecule is Cn1c2c(c(=O)n(C)c1=O)C[NH+](C1CC[NH+](Cc3ccccc3)CC1)CN2. The van der Waals surface area contributed by atoms with Crippen molar-refractivity contribution in [3.05, 3.63) is 62.3 Å². The van der Waals surface area contributed by atoms with Gasteiger partial charge in [0.2, 0.25) is 0 Å². The first-order chi connectivity index (χ1) is 13.0. The third kappa shape index (κ3) is 3.44. The van der Waals surface area contributed by atoms with Crippen LogP contribution in [0.2, 0.25) is 0 Å². The van der Waals surface area contributed by atoms with Crippen molar-refractivity contribution in [1.29, 1.82) is 0 Å². The number of benzene rings is 1. The zero-order valence-corrected chi connectivity index (χ0v) is 16.1. The van der Waals surface area contributed by atoms with Gasteiger partial charge >= 0.3 is 5.69 Å². The van der Waals surface area contributed by atoms with Crippen LogP contribution in [0, 0.1) is 0 Å². The smallest absolute Gasteiger partial charge is 0.331 e. The lowest BCUT2D eigenvalue weighted by molar-refractivity contribution is -0.970. The highest BCUT2D eigenvalue weighted by Crippen LogP contribution is 2.10. The summed E-state index contributed by atoms with van der Waals surface area (Å²) in [5.74, 6) is 0.694. The van der Waals surface area contributed by atoms with E-state index in [4.69, 9.17) is 0 Å². The Balaban J connectivity index is 1.42. The summed E-state index contributed by atoms with van der Waals surface area (Å²) in [5, 5.41) is 3.34. The van der Waals surface area contributed by atoms with Crippen molar-refractivity contribution in [3.8, 4) is 0 Å². The minimum absolute atomic E-state index is 0.162. The summed E-state index contributed by atoms with van der Waals surface area (Å²) in [6.07, 6.45) is 2.33. The van der Waals surface area contributed by atoms with Crippen molar-refractivity contribution in [2.24, 2.45) is 14.1 Å². The fraction of sp³-hybridized carbons (Fsp3) is 0.500. The maximum atomic E-state index is 12.6. The Morgan fingerprint density at radius 3 is 2.48 bits per heavy atom. The first kappa shape index (κ1) is 18.0. The number of rotatable bonds is 3. The van der Waals surface area contributed by atoms with Crippen LogP contribution in [0.4, 0.5) is 5.82 Å². The number of hydrogen-bond acceptors (Lipinski definition) is 3. The molecule has 4 rings (SSSR count). The summed E-state index contributed by atoms with van der Waals surface area (Å²) in [6, 6.07) is 11.3.